The maximum absolute atomic E-state index is 3.77. The monoisotopic (exact) mass is 258 g/mol. The summed E-state index contributed by atoms with van der Waals surface area (Å²) in [6.45, 7) is 8.07. The number of hydrogen-bond acceptors (Lipinski definition) is 2. The molecule has 19 heavy (non-hydrogen) atoms. The van der Waals surface area contributed by atoms with Crippen LogP contribution in [0, 0.1) is 0 Å². The zero-order chi connectivity index (χ0) is 13.3. The van der Waals surface area contributed by atoms with Crippen LogP contribution in [0.5, 0.6) is 0 Å². The van der Waals surface area contributed by atoms with Crippen molar-refractivity contribution >= 4 is 0 Å². The van der Waals surface area contributed by atoms with Crippen LogP contribution in [0.2, 0.25) is 0 Å². The highest BCUT2D eigenvalue weighted by Gasteiger charge is 2.45. The van der Waals surface area contributed by atoms with E-state index in [4.69, 9.17) is 0 Å². The Morgan fingerprint density at radius 2 is 1.79 bits per heavy atom. The summed E-state index contributed by atoms with van der Waals surface area (Å²) in [6, 6.07) is 10.9. The smallest absolute Gasteiger partial charge is 0.0338 e. The van der Waals surface area contributed by atoms with Gasteiger partial charge in [-0.2, -0.15) is 0 Å². The molecule has 0 amide bonds. The molecular formula is C17H26N2. The zero-order valence-electron chi connectivity index (χ0n) is 12.3. The molecule has 2 heteroatoms. The SMILES string of the molecule is CC1(C)CN(Cc2ccccc2)C2(CCCC2)CN1. The normalized spacial score (nSPS) is 25.8. The fourth-order valence-corrected chi connectivity index (χ4v) is 3.77. The van der Waals surface area contributed by atoms with Crippen LogP contribution >= 0.6 is 0 Å². The predicted octanol–water partition coefficient (Wildman–Crippen LogP) is 3.18. The molecule has 3 rings (SSSR count). The summed E-state index contributed by atoms with van der Waals surface area (Å²) in [5, 5.41) is 3.77. The third-order valence-corrected chi connectivity index (χ3v) is 4.90. The van der Waals surface area contributed by atoms with Crippen LogP contribution in [-0.4, -0.2) is 29.1 Å². The number of rotatable bonds is 2. The van der Waals surface area contributed by atoms with Crippen molar-refractivity contribution < 1.29 is 0 Å². The maximum atomic E-state index is 3.77. The van der Waals surface area contributed by atoms with E-state index in [2.05, 4.69) is 54.4 Å². The van der Waals surface area contributed by atoms with Crippen molar-refractivity contribution in [1.82, 2.24) is 10.2 Å². The largest absolute Gasteiger partial charge is 0.309 e. The molecule has 1 aliphatic carbocycles. The first-order valence-corrected chi connectivity index (χ1v) is 7.64. The van der Waals surface area contributed by atoms with Gasteiger partial charge in [-0.25, -0.2) is 0 Å². The number of nitrogens with zero attached hydrogens (tertiary/aromatic N) is 1. The summed E-state index contributed by atoms with van der Waals surface area (Å²) >= 11 is 0. The Morgan fingerprint density at radius 3 is 2.47 bits per heavy atom. The van der Waals surface area contributed by atoms with Gasteiger partial charge in [-0.3, -0.25) is 4.90 Å². The fourth-order valence-electron chi connectivity index (χ4n) is 3.77. The Balaban J connectivity index is 1.81. The van der Waals surface area contributed by atoms with E-state index in [1.54, 1.807) is 0 Å². The molecule has 2 nitrogen and oxygen atoms in total. The van der Waals surface area contributed by atoms with Crippen molar-refractivity contribution in [3.8, 4) is 0 Å². The van der Waals surface area contributed by atoms with Crippen LogP contribution in [0.4, 0.5) is 0 Å². The lowest BCUT2D eigenvalue weighted by atomic mass is 9.86. The van der Waals surface area contributed by atoms with E-state index in [1.165, 1.54) is 31.2 Å². The van der Waals surface area contributed by atoms with Gasteiger partial charge in [-0.1, -0.05) is 43.2 Å². The fraction of sp³-hybridized carbons (Fsp3) is 0.647. The highest BCUT2D eigenvalue weighted by atomic mass is 15.3. The average molecular weight is 258 g/mol. The average Bonchev–Trinajstić information content (AvgIpc) is 2.85. The molecule has 1 aromatic rings. The van der Waals surface area contributed by atoms with Crippen LogP contribution in [0.1, 0.15) is 45.1 Å². The van der Waals surface area contributed by atoms with Gasteiger partial charge in [0.05, 0.1) is 0 Å². The van der Waals surface area contributed by atoms with Crippen LogP contribution in [0.25, 0.3) is 0 Å². The summed E-state index contributed by atoms with van der Waals surface area (Å²) in [7, 11) is 0. The van der Waals surface area contributed by atoms with Gasteiger partial charge in [0.1, 0.15) is 0 Å². The van der Waals surface area contributed by atoms with E-state index < -0.39 is 0 Å². The van der Waals surface area contributed by atoms with Crippen LogP contribution in [0.15, 0.2) is 30.3 Å². The molecule has 0 unspecified atom stereocenters. The molecule has 0 aromatic heterocycles. The van der Waals surface area contributed by atoms with E-state index in [1.807, 2.05) is 0 Å². The maximum Gasteiger partial charge on any atom is 0.0338 e. The lowest BCUT2D eigenvalue weighted by molar-refractivity contribution is 0.0122. The first-order chi connectivity index (χ1) is 9.10. The minimum absolute atomic E-state index is 0.239. The van der Waals surface area contributed by atoms with Gasteiger partial charge in [-0.15, -0.1) is 0 Å². The van der Waals surface area contributed by atoms with Crippen molar-refractivity contribution in [3.63, 3.8) is 0 Å². The Morgan fingerprint density at radius 1 is 1.11 bits per heavy atom. The van der Waals surface area contributed by atoms with Crippen LogP contribution in [-0.2, 0) is 6.54 Å². The van der Waals surface area contributed by atoms with Gasteiger partial charge < -0.3 is 5.32 Å². The highest BCUT2D eigenvalue weighted by Crippen LogP contribution is 2.39. The molecule has 1 spiro atoms. The molecule has 1 saturated heterocycles. The van der Waals surface area contributed by atoms with Gasteiger partial charge in [0.2, 0.25) is 0 Å². The Hall–Kier alpha value is -0.860. The van der Waals surface area contributed by atoms with E-state index in [0.717, 1.165) is 19.6 Å². The number of benzene rings is 1. The number of nitrogens with one attached hydrogen (secondary N) is 1. The second-order valence-corrected chi connectivity index (χ2v) is 7.01. The molecular weight excluding hydrogens is 232 g/mol. The predicted molar refractivity (Wildman–Crippen MR) is 80.1 cm³/mol. The zero-order valence-corrected chi connectivity index (χ0v) is 12.3. The van der Waals surface area contributed by atoms with E-state index in [0.29, 0.717) is 5.54 Å². The van der Waals surface area contributed by atoms with Gasteiger partial charge >= 0.3 is 0 Å². The summed E-state index contributed by atoms with van der Waals surface area (Å²) in [5.41, 5.74) is 2.11. The molecule has 0 atom stereocenters. The van der Waals surface area contributed by atoms with Crippen LogP contribution < -0.4 is 5.32 Å². The lowest BCUT2D eigenvalue weighted by Crippen LogP contribution is -2.66. The van der Waals surface area contributed by atoms with Gasteiger partial charge in [0.15, 0.2) is 0 Å². The first kappa shape index (κ1) is 13.1. The van der Waals surface area contributed by atoms with Crippen molar-refractivity contribution in [1.29, 1.82) is 0 Å². The molecule has 1 aliphatic heterocycles. The molecule has 2 fully saturated rings. The lowest BCUT2D eigenvalue weighted by Gasteiger charge is -2.51. The second-order valence-electron chi connectivity index (χ2n) is 7.01. The van der Waals surface area contributed by atoms with E-state index in [9.17, 15) is 0 Å². The molecule has 0 radical (unpaired) electrons. The number of hydrogen-bond donors (Lipinski definition) is 1. The number of piperazine rings is 1. The Labute approximate surface area is 117 Å². The van der Waals surface area contributed by atoms with Gasteiger partial charge in [0.25, 0.3) is 0 Å². The quantitative estimate of drug-likeness (QED) is 0.876. The molecule has 104 valence electrons. The summed E-state index contributed by atoms with van der Waals surface area (Å²) in [4.78, 5) is 2.76. The summed E-state index contributed by atoms with van der Waals surface area (Å²) < 4.78 is 0. The van der Waals surface area contributed by atoms with Crippen molar-refractivity contribution in [3.05, 3.63) is 35.9 Å². The molecule has 1 heterocycles. The van der Waals surface area contributed by atoms with Crippen molar-refractivity contribution in [2.24, 2.45) is 0 Å². The third kappa shape index (κ3) is 2.70. The van der Waals surface area contributed by atoms with Gasteiger partial charge in [-0.05, 0) is 32.3 Å². The van der Waals surface area contributed by atoms with Crippen molar-refractivity contribution in [2.45, 2.75) is 57.2 Å². The Kier molecular flexibility index (Phi) is 3.40. The van der Waals surface area contributed by atoms with E-state index in [-0.39, 0.29) is 5.54 Å². The summed E-state index contributed by atoms with van der Waals surface area (Å²) in [6.07, 6.45) is 5.52. The summed E-state index contributed by atoms with van der Waals surface area (Å²) in [5.74, 6) is 0. The minimum atomic E-state index is 0.239. The second kappa shape index (κ2) is 4.92. The van der Waals surface area contributed by atoms with Crippen LogP contribution in [0.3, 0.4) is 0 Å². The Bertz CT molecular complexity index is 418. The first-order valence-electron chi connectivity index (χ1n) is 7.64. The van der Waals surface area contributed by atoms with E-state index >= 15 is 0 Å². The molecule has 0 bridgehead atoms. The standard InChI is InChI=1S/C17H26N2/c1-16(2)14-19(12-15-8-4-3-5-9-15)17(13-18-16)10-6-7-11-17/h3-5,8-9,18H,6-7,10-14H2,1-2H3. The van der Waals surface area contributed by atoms with Crippen molar-refractivity contribution in [2.75, 3.05) is 13.1 Å². The molecule has 2 aliphatic rings. The molecule has 1 N–H and O–H groups in total. The topological polar surface area (TPSA) is 15.3 Å². The highest BCUT2D eigenvalue weighted by molar-refractivity contribution is 5.16. The van der Waals surface area contributed by atoms with Gasteiger partial charge in [0, 0.05) is 30.7 Å². The third-order valence-electron chi connectivity index (χ3n) is 4.90. The molecule has 1 aromatic carbocycles. The molecule has 1 saturated carbocycles. The minimum Gasteiger partial charge on any atom is -0.309 e.